The second kappa shape index (κ2) is 28.5. The number of sulfonamides is 1. The van der Waals surface area contributed by atoms with E-state index in [1.165, 1.54) is 10.4 Å². The average Bonchev–Trinajstić information content (AvgIpc) is 1.51. The Kier molecular flexibility index (Phi) is 22.4. The van der Waals surface area contributed by atoms with E-state index in [0.717, 1.165) is 68.8 Å². The summed E-state index contributed by atoms with van der Waals surface area (Å²) in [5, 5.41) is 15.4. The maximum Gasteiger partial charge on any atom is 0.499 e. The van der Waals surface area contributed by atoms with Crippen molar-refractivity contribution in [2.24, 2.45) is 0 Å². The predicted molar refractivity (Wildman–Crippen MR) is 352 cm³/mol. The van der Waals surface area contributed by atoms with Crippen LogP contribution in [0.15, 0.2) is 143 Å². The van der Waals surface area contributed by atoms with Crippen LogP contribution >= 0.6 is 45.9 Å². The van der Waals surface area contributed by atoms with Gasteiger partial charge in [-0.05, 0) is 169 Å². The molecule has 6 unspecified atom stereocenters. The van der Waals surface area contributed by atoms with Crippen molar-refractivity contribution in [1.29, 1.82) is 0 Å². The van der Waals surface area contributed by atoms with Gasteiger partial charge in [-0.25, -0.2) is 28.1 Å². The number of ether oxygens (including phenoxy) is 6. The zero-order valence-corrected chi connectivity index (χ0v) is 57.6. The number of halogens is 2. The highest BCUT2D eigenvalue weighted by Crippen LogP contribution is 2.64. The Morgan fingerprint density at radius 1 is 0.663 bits per heavy atom. The number of carbonyl (C=O) groups excluding carboxylic acids is 2. The molecule has 0 bridgehead atoms. The molecule has 4 fully saturated rings. The van der Waals surface area contributed by atoms with E-state index in [2.05, 4.69) is 22.2 Å². The second-order valence-corrected chi connectivity index (χ2v) is 38.1. The highest BCUT2D eigenvalue weighted by Gasteiger charge is 2.81. The number of nitrogens with one attached hydrogen (secondary N) is 1. The fraction of sp³-hybridized carbons (Fsp3) is 0.477. The Morgan fingerprint density at radius 2 is 1.16 bits per heavy atom. The van der Waals surface area contributed by atoms with Gasteiger partial charge < -0.3 is 28.4 Å². The number of nitro groups is 1. The van der Waals surface area contributed by atoms with Crippen molar-refractivity contribution >= 4 is 86.1 Å². The number of esters is 2. The van der Waals surface area contributed by atoms with Crippen molar-refractivity contribution in [2.75, 3.05) is 33.0 Å². The molecule has 24 heteroatoms. The maximum absolute atomic E-state index is 14.0. The summed E-state index contributed by atoms with van der Waals surface area (Å²) in [7, 11) is -11.1. The van der Waals surface area contributed by atoms with E-state index in [4.69, 9.17) is 51.6 Å². The van der Waals surface area contributed by atoms with Gasteiger partial charge >= 0.3 is 22.1 Å². The Labute approximate surface area is 543 Å². The minimum absolute atomic E-state index is 0.00438. The average molecular weight is 1360 g/mol. The van der Waals surface area contributed by atoms with E-state index in [1.807, 2.05) is 92.4 Å². The minimum Gasteiger partial charge on any atom is -0.459 e. The Balaban J connectivity index is 0.000000194. The fourth-order valence-corrected chi connectivity index (χ4v) is 17.1. The molecule has 1 N–H and O–H groups in total. The third kappa shape index (κ3) is 17.0. The summed E-state index contributed by atoms with van der Waals surface area (Å²) in [6.07, 6.45) is 4.55. The summed E-state index contributed by atoms with van der Waals surface area (Å²) in [6, 6.07) is 41.4. The lowest BCUT2D eigenvalue weighted by Crippen LogP contribution is -2.57. The number of carbonyl (C=O) groups is 2. The summed E-state index contributed by atoms with van der Waals surface area (Å²) >= 11 is 14.7. The van der Waals surface area contributed by atoms with Crippen molar-refractivity contribution in [3.63, 3.8) is 0 Å². The Morgan fingerprint density at radius 3 is 1.62 bits per heavy atom. The van der Waals surface area contributed by atoms with E-state index in [1.54, 1.807) is 101 Å². The van der Waals surface area contributed by atoms with Gasteiger partial charge in [-0.3, -0.25) is 0 Å². The van der Waals surface area contributed by atoms with Crippen molar-refractivity contribution < 1.29 is 59.2 Å². The molecule has 4 heterocycles. The number of thiophene rings is 2. The van der Waals surface area contributed by atoms with Crippen molar-refractivity contribution in [3.05, 3.63) is 170 Å². The molecule has 2 saturated heterocycles. The molecule has 0 amide bonds. The van der Waals surface area contributed by atoms with E-state index in [-0.39, 0.29) is 36.8 Å². The first-order valence-corrected chi connectivity index (χ1v) is 38.8. The smallest absolute Gasteiger partial charge is 0.459 e. The molecule has 2 aromatic heterocycles. The molecule has 482 valence electrons. The van der Waals surface area contributed by atoms with Crippen LogP contribution in [0.5, 0.6) is 0 Å². The molecule has 89 heavy (non-hydrogen) atoms. The first kappa shape index (κ1) is 70.0. The van der Waals surface area contributed by atoms with Gasteiger partial charge in [-0.1, -0.05) is 134 Å². The van der Waals surface area contributed by atoms with Crippen molar-refractivity contribution in [2.45, 2.75) is 168 Å². The fourth-order valence-electron chi connectivity index (χ4n) is 11.1. The molecular weight excluding hydrogens is 1270 g/mol. The summed E-state index contributed by atoms with van der Waals surface area (Å²) in [5.41, 5.74) is -3.76. The third-order valence-corrected chi connectivity index (χ3v) is 23.5. The zero-order valence-electron chi connectivity index (χ0n) is 51.8. The first-order valence-electron chi connectivity index (χ1n) is 29.8. The molecule has 17 nitrogen and oxygen atoms in total. The predicted octanol–water partition coefficient (Wildman–Crippen LogP) is 14.5. The van der Waals surface area contributed by atoms with E-state index < -0.39 is 90.3 Å². The molecule has 2 aliphatic carbocycles. The van der Waals surface area contributed by atoms with Crippen LogP contribution in [0.2, 0.25) is 35.7 Å². The molecule has 0 spiro atoms. The third-order valence-electron chi connectivity index (χ3n) is 15.8. The van der Waals surface area contributed by atoms with Crippen LogP contribution in [0, 0.1) is 10.1 Å². The van der Waals surface area contributed by atoms with Gasteiger partial charge in [0, 0.05) is 47.6 Å². The first-order chi connectivity index (χ1) is 41.9. The summed E-state index contributed by atoms with van der Waals surface area (Å²) in [6.45, 7) is 17.6. The maximum atomic E-state index is 14.0. The van der Waals surface area contributed by atoms with Crippen LogP contribution in [0.4, 0.5) is 0 Å². The summed E-state index contributed by atoms with van der Waals surface area (Å²) in [5.74, 6) is -1.44. The zero-order chi connectivity index (χ0) is 64.7. The number of hydrogen-bond donors (Lipinski definition) is 1. The molecule has 6 aromatic rings. The molecule has 2 aliphatic heterocycles. The van der Waals surface area contributed by atoms with Gasteiger partial charge in [0.25, 0.3) is 10.0 Å². The van der Waals surface area contributed by atoms with Crippen LogP contribution < -0.4 is 4.72 Å². The highest BCUT2D eigenvalue weighted by atomic mass is 35.5. The van der Waals surface area contributed by atoms with Gasteiger partial charge in [-0.2, -0.15) is 4.72 Å². The largest absolute Gasteiger partial charge is 0.499 e. The van der Waals surface area contributed by atoms with Gasteiger partial charge in [0.2, 0.25) is 0 Å². The summed E-state index contributed by atoms with van der Waals surface area (Å²) < 4.78 is 92.3. The molecule has 2 saturated carbocycles. The lowest BCUT2D eigenvalue weighted by Gasteiger charge is -2.35. The lowest BCUT2D eigenvalue weighted by molar-refractivity contribution is -0.313. The number of hydrogen-bond acceptors (Lipinski definition) is 16. The van der Waals surface area contributed by atoms with Crippen LogP contribution in [0.3, 0.4) is 0 Å². The van der Waals surface area contributed by atoms with Crippen LogP contribution in [0.1, 0.15) is 104 Å². The quantitative estimate of drug-likeness (QED) is 0.0307. The molecule has 4 aliphatic rings. The molecule has 4 aromatic carbocycles. The summed E-state index contributed by atoms with van der Waals surface area (Å²) in [4.78, 5) is 41.9. The van der Waals surface area contributed by atoms with Gasteiger partial charge in [0.05, 0.1) is 24.0 Å². The van der Waals surface area contributed by atoms with Gasteiger partial charge in [0.1, 0.15) is 21.0 Å². The number of nitrogens with zero attached hydrogens (tertiary/aromatic N) is 2. The minimum atomic E-state index is -5.09. The van der Waals surface area contributed by atoms with Gasteiger partial charge in [0.15, 0.2) is 22.4 Å². The molecule has 6 atom stereocenters. The van der Waals surface area contributed by atoms with Crippen LogP contribution in [0.25, 0.3) is 20.9 Å². The van der Waals surface area contributed by atoms with Crippen molar-refractivity contribution in [3.8, 4) is 20.9 Å². The lowest BCUT2D eigenvalue weighted by atomic mass is 9.90. The van der Waals surface area contributed by atoms with E-state index >= 15 is 0 Å². The van der Waals surface area contributed by atoms with Crippen LogP contribution in [-0.2, 0) is 69.1 Å². The normalized spacial score (nSPS) is 23.6. The number of rotatable bonds is 21. The monoisotopic (exact) mass is 1350 g/mol. The standard InChI is InChI=1S/C30H34ClNO6S2.C25H40N2O8SSi.C10H7ClS/c1-28(2,3)38-27(33)30(32-40(34,35)26-17-16-24(39-26)21-12-14-23(31)15-13-21)19-29(30,22-9-5-4-6-10-22)20-37-25-11-7-8-18-36-25;1-23(2,3)35-22(28)25(26(15-17-37(4,5)6)36(31,32)27(29)30)18-24(25,20-12-8-7-9-13-20)19-34-21-14-10-11-16-33-21;11-9-5-3-8(4-6-9)10-2-1-7-12-10/h4-6,9-10,12-17,25,32H,7-8,11,18-20H2,1-3H3;7-9,12-13,21H,10-11,14-19H2,1-6H3;1-7H. The van der Waals surface area contributed by atoms with E-state index in [0.29, 0.717) is 36.3 Å². The molecule has 0 radical (unpaired) electrons. The van der Waals surface area contributed by atoms with Crippen LogP contribution in [-0.4, -0.2) is 113 Å². The topological polar surface area (TPSA) is 216 Å². The Bertz CT molecular complexity index is 3570. The highest BCUT2D eigenvalue weighted by molar-refractivity contribution is 7.91. The van der Waals surface area contributed by atoms with Gasteiger partial charge in [-0.15, -0.1) is 35.4 Å². The SMILES string of the molecule is CC(C)(C)OC(=O)C1(N(CC[Si](C)(C)C)S(=O)(=O)[N+](=O)[O-])CC1(COC1CCCCO1)c1ccccc1.CC(C)(C)OC(=O)C1(NS(=O)(=O)c2ccc(-c3ccc(Cl)cc3)s2)CC1(COC1CCCCO1)c1ccccc1.Clc1ccc(-c2cccs2)cc1. The Hall–Kier alpha value is -4.92. The van der Waals surface area contributed by atoms with Crippen molar-refractivity contribution in [1.82, 2.24) is 9.03 Å². The van der Waals surface area contributed by atoms with E-state index in [9.17, 15) is 36.5 Å². The number of benzene rings is 4. The second-order valence-electron chi connectivity index (χ2n) is 26.0. The molecule has 10 rings (SSSR count). The molecular formula is C65H81Cl2N3O14S4Si.